The van der Waals surface area contributed by atoms with Gasteiger partial charge < -0.3 is 25.3 Å². The number of likely N-dealkylation sites (tertiary alicyclic amines) is 1. The summed E-state index contributed by atoms with van der Waals surface area (Å²) in [4.78, 5) is 44.2. The minimum Gasteiger partial charge on any atom is -0.444 e. The van der Waals surface area contributed by atoms with E-state index in [1.165, 1.54) is 5.56 Å². The third kappa shape index (κ3) is 6.92. The van der Waals surface area contributed by atoms with Gasteiger partial charge in [-0.05, 0) is 75.4 Å². The highest BCUT2D eigenvalue weighted by Crippen LogP contribution is 2.33. The van der Waals surface area contributed by atoms with Gasteiger partial charge in [-0.1, -0.05) is 42.8 Å². The molecule has 208 valence electrons. The second-order valence-electron chi connectivity index (χ2n) is 11.2. The van der Waals surface area contributed by atoms with E-state index in [4.69, 9.17) is 16.3 Å². The van der Waals surface area contributed by atoms with Gasteiger partial charge in [-0.25, -0.2) is 4.79 Å². The van der Waals surface area contributed by atoms with Crippen LogP contribution in [0.2, 0.25) is 5.02 Å². The van der Waals surface area contributed by atoms with Crippen LogP contribution in [-0.4, -0.2) is 53.0 Å². The van der Waals surface area contributed by atoms with Crippen molar-refractivity contribution in [2.45, 2.75) is 59.1 Å². The van der Waals surface area contributed by atoms with Gasteiger partial charge in [-0.3, -0.25) is 9.59 Å². The van der Waals surface area contributed by atoms with Crippen LogP contribution in [0.1, 0.15) is 62.2 Å². The molecule has 3 N–H and O–H groups in total. The number of piperidine rings is 1. The first-order valence-electron chi connectivity index (χ1n) is 13.4. The van der Waals surface area contributed by atoms with Gasteiger partial charge in [0.1, 0.15) is 11.3 Å². The number of nitrogens with one attached hydrogen (secondary N) is 3. The number of aryl methyl sites for hydroxylation is 1. The molecule has 0 saturated carbocycles. The molecule has 1 saturated heterocycles. The monoisotopic (exact) mass is 552 g/mol. The van der Waals surface area contributed by atoms with E-state index in [1.54, 1.807) is 11.0 Å². The average Bonchev–Trinajstić information content (AvgIpc) is 3.34. The Hall–Kier alpha value is -3.52. The SMILES string of the molecule is CCc1ccc2[nH]c(C(=O)NCC3(C(=O)NCc4ccccc4Cl)CCN(C(=O)OC(C)(C)C)CC3)cc2c1. The molecular weight excluding hydrogens is 516 g/mol. The summed E-state index contributed by atoms with van der Waals surface area (Å²) in [5.41, 5.74) is 1.83. The van der Waals surface area contributed by atoms with Crippen LogP contribution in [-0.2, 0) is 22.5 Å². The van der Waals surface area contributed by atoms with Crippen LogP contribution in [0.3, 0.4) is 0 Å². The Bertz CT molecular complexity index is 1350. The molecule has 2 heterocycles. The predicted molar refractivity (Wildman–Crippen MR) is 153 cm³/mol. The summed E-state index contributed by atoms with van der Waals surface area (Å²) in [7, 11) is 0. The topological polar surface area (TPSA) is 104 Å². The fraction of sp³-hybridized carbons (Fsp3) is 0.433. The molecule has 8 nitrogen and oxygen atoms in total. The summed E-state index contributed by atoms with van der Waals surface area (Å²) in [6, 6.07) is 15.3. The number of hydrogen-bond acceptors (Lipinski definition) is 4. The maximum Gasteiger partial charge on any atom is 0.410 e. The van der Waals surface area contributed by atoms with Crippen molar-refractivity contribution in [2.75, 3.05) is 19.6 Å². The van der Waals surface area contributed by atoms with Crippen LogP contribution in [0.5, 0.6) is 0 Å². The van der Waals surface area contributed by atoms with Crippen molar-refractivity contribution < 1.29 is 19.1 Å². The van der Waals surface area contributed by atoms with E-state index in [2.05, 4.69) is 28.6 Å². The summed E-state index contributed by atoms with van der Waals surface area (Å²) in [5, 5.41) is 7.54. The largest absolute Gasteiger partial charge is 0.444 e. The van der Waals surface area contributed by atoms with Gasteiger partial charge in [-0.2, -0.15) is 0 Å². The summed E-state index contributed by atoms with van der Waals surface area (Å²) < 4.78 is 5.52. The number of nitrogens with zero attached hydrogens (tertiary/aromatic N) is 1. The standard InChI is InChI=1S/C30H37ClN4O4/c1-5-20-10-11-24-22(16-20)17-25(34-24)26(36)33-19-30(27(37)32-18-21-8-6-7-9-23(21)31)12-14-35(15-13-30)28(38)39-29(2,3)4/h6-11,16-17,34H,5,12-15,18-19H2,1-4H3,(H,32,37)(H,33,36). The molecule has 0 radical (unpaired) electrons. The Kier molecular flexibility index (Phi) is 8.54. The third-order valence-corrected chi connectivity index (χ3v) is 7.55. The molecule has 2 aromatic carbocycles. The maximum atomic E-state index is 13.6. The van der Waals surface area contributed by atoms with Gasteiger partial charge >= 0.3 is 6.09 Å². The number of benzene rings is 2. The lowest BCUT2D eigenvalue weighted by Gasteiger charge is -2.41. The normalized spacial score (nSPS) is 15.2. The Balaban J connectivity index is 1.48. The molecule has 9 heteroatoms. The van der Waals surface area contributed by atoms with Gasteiger partial charge in [0.05, 0.1) is 5.41 Å². The van der Waals surface area contributed by atoms with Crippen LogP contribution in [0.15, 0.2) is 48.5 Å². The lowest BCUT2D eigenvalue weighted by molar-refractivity contribution is -0.133. The molecule has 0 atom stereocenters. The van der Waals surface area contributed by atoms with E-state index < -0.39 is 17.1 Å². The van der Waals surface area contributed by atoms with Crippen molar-refractivity contribution in [3.8, 4) is 0 Å². The van der Waals surface area contributed by atoms with E-state index in [0.29, 0.717) is 36.6 Å². The molecule has 0 bridgehead atoms. The van der Waals surface area contributed by atoms with Crippen molar-refractivity contribution in [1.82, 2.24) is 20.5 Å². The van der Waals surface area contributed by atoms with Gasteiger partial charge in [0.2, 0.25) is 5.91 Å². The number of H-pyrrole nitrogens is 1. The Labute approximate surface area is 234 Å². The highest BCUT2D eigenvalue weighted by Gasteiger charge is 2.43. The molecule has 3 amide bonds. The quantitative estimate of drug-likeness (QED) is 0.363. The highest BCUT2D eigenvalue weighted by atomic mass is 35.5. The lowest BCUT2D eigenvalue weighted by Crippen LogP contribution is -2.55. The number of aromatic nitrogens is 1. The van der Waals surface area contributed by atoms with Crippen molar-refractivity contribution >= 4 is 40.4 Å². The summed E-state index contributed by atoms with van der Waals surface area (Å²) in [5.74, 6) is -0.465. The predicted octanol–water partition coefficient (Wildman–Crippen LogP) is 5.45. The molecular formula is C30H37ClN4O4. The van der Waals surface area contributed by atoms with Gasteiger partial charge in [0.15, 0.2) is 0 Å². The second-order valence-corrected chi connectivity index (χ2v) is 11.6. The van der Waals surface area contributed by atoms with Crippen LogP contribution in [0.4, 0.5) is 4.79 Å². The number of carbonyl (C=O) groups excluding carboxylic acids is 3. The van der Waals surface area contributed by atoms with Gasteiger partial charge in [-0.15, -0.1) is 0 Å². The van der Waals surface area contributed by atoms with Crippen molar-refractivity contribution in [1.29, 1.82) is 0 Å². The van der Waals surface area contributed by atoms with E-state index in [-0.39, 0.29) is 24.9 Å². The number of fused-ring (bicyclic) bond motifs is 1. The zero-order chi connectivity index (χ0) is 28.2. The number of hydrogen-bond donors (Lipinski definition) is 3. The van der Waals surface area contributed by atoms with Crippen LogP contribution >= 0.6 is 11.6 Å². The first-order valence-corrected chi connectivity index (χ1v) is 13.8. The summed E-state index contributed by atoms with van der Waals surface area (Å²) in [6.45, 7) is 8.65. The number of ether oxygens (including phenoxy) is 1. The lowest BCUT2D eigenvalue weighted by atomic mass is 9.77. The Morgan fingerprint density at radius 3 is 2.44 bits per heavy atom. The molecule has 4 rings (SSSR count). The van der Waals surface area contributed by atoms with E-state index in [0.717, 1.165) is 22.9 Å². The fourth-order valence-corrected chi connectivity index (χ4v) is 5.00. The molecule has 0 aliphatic carbocycles. The minimum atomic E-state index is -0.892. The maximum absolute atomic E-state index is 13.6. The molecule has 0 unspecified atom stereocenters. The smallest absolute Gasteiger partial charge is 0.410 e. The zero-order valence-corrected chi connectivity index (χ0v) is 23.8. The van der Waals surface area contributed by atoms with Crippen LogP contribution in [0.25, 0.3) is 10.9 Å². The van der Waals surface area contributed by atoms with Crippen LogP contribution < -0.4 is 10.6 Å². The van der Waals surface area contributed by atoms with E-state index >= 15 is 0 Å². The fourth-order valence-electron chi connectivity index (χ4n) is 4.80. The molecule has 1 aromatic heterocycles. The van der Waals surface area contributed by atoms with Gasteiger partial charge in [0, 0.05) is 42.1 Å². The summed E-state index contributed by atoms with van der Waals surface area (Å²) in [6.07, 6.45) is 1.27. The van der Waals surface area contributed by atoms with E-state index in [9.17, 15) is 14.4 Å². The zero-order valence-electron chi connectivity index (χ0n) is 23.0. The third-order valence-electron chi connectivity index (χ3n) is 7.18. The number of amides is 3. The minimum absolute atomic E-state index is 0.137. The molecule has 1 fully saturated rings. The first-order chi connectivity index (χ1) is 18.5. The Morgan fingerprint density at radius 1 is 1.05 bits per heavy atom. The molecule has 1 aliphatic heterocycles. The van der Waals surface area contributed by atoms with Gasteiger partial charge in [0.25, 0.3) is 5.91 Å². The molecule has 1 aliphatic rings. The number of halogens is 1. The first kappa shape index (κ1) is 28.5. The van der Waals surface area contributed by atoms with Crippen molar-refractivity contribution in [3.63, 3.8) is 0 Å². The highest BCUT2D eigenvalue weighted by molar-refractivity contribution is 6.31. The molecule has 39 heavy (non-hydrogen) atoms. The average molecular weight is 553 g/mol. The number of rotatable bonds is 7. The van der Waals surface area contributed by atoms with Crippen LogP contribution in [0, 0.1) is 5.41 Å². The van der Waals surface area contributed by atoms with Crippen molar-refractivity contribution in [2.24, 2.45) is 5.41 Å². The molecule has 0 spiro atoms. The van der Waals surface area contributed by atoms with E-state index in [1.807, 2.05) is 57.2 Å². The Morgan fingerprint density at radius 2 is 1.77 bits per heavy atom. The number of carbonyl (C=O) groups is 3. The number of aromatic amines is 1. The summed E-state index contributed by atoms with van der Waals surface area (Å²) >= 11 is 6.29. The molecule has 3 aromatic rings. The second kappa shape index (κ2) is 11.7. The van der Waals surface area contributed by atoms with Crippen molar-refractivity contribution in [3.05, 3.63) is 70.4 Å².